The van der Waals surface area contributed by atoms with Crippen LogP contribution in [0.25, 0.3) is 22.0 Å². The van der Waals surface area contributed by atoms with Gasteiger partial charge in [0.25, 0.3) is 15.6 Å². The number of fused-ring (bicyclic) bond motifs is 1. The summed E-state index contributed by atoms with van der Waals surface area (Å²) in [5, 5.41) is 10.1. The van der Waals surface area contributed by atoms with Gasteiger partial charge >= 0.3 is 0 Å². The van der Waals surface area contributed by atoms with Crippen LogP contribution in [-0.4, -0.2) is 22.1 Å². The van der Waals surface area contributed by atoms with Crippen LogP contribution in [-0.2, 0) is 23.7 Å². The number of aliphatic hydroxyl groups excluding tert-OH is 1. The minimum atomic E-state index is -4.11. The van der Waals surface area contributed by atoms with Crippen molar-refractivity contribution in [1.82, 2.24) is 8.54 Å². The number of nitrogens with zero attached hydrogens (tertiary/aromatic N) is 2. The zero-order chi connectivity index (χ0) is 27.2. The average molecular weight is 537 g/mol. The van der Waals surface area contributed by atoms with Gasteiger partial charge in [-0.25, -0.2) is 21.2 Å². The molecule has 5 rings (SSSR count). The number of halogens is 2. The second-order valence-corrected chi connectivity index (χ2v) is 10.6. The highest BCUT2D eigenvalue weighted by Gasteiger charge is 2.24. The number of pyridine rings is 1. The maximum Gasteiger partial charge on any atom is 0.275 e. The predicted molar refractivity (Wildman–Crippen MR) is 139 cm³/mol. The van der Waals surface area contributed by atoms with Crippen LogP contribution in [0.2, 0.25) is 0 Å². The molecule has 5 aromatic rings. The van der Waals surface area contributed by atoms with E-state index < -0.39 is 27.2 Å². The number of aryl methyl sites for hydroxylation is 2. The fourth-order valence-electron chi connectivity index (χ4n) is 4.22. The van der Waals surface area contributed by atoms with Gasteiger partial charge in [-0.1, -0.05) is 23.8 Å². The fourth-order valence-corrected chi connectivity index (χ4v) is 5.57. The van der Waals surface area contributed by atoms with E-state index >= 15 is 0 Å². The largest absolute Gasteiger partial charge is 0.454 e. The molecule has 38 heavy (non-hydrogen) atoms. The van der Waals surface area contributed by atoms with Gasteiger partial charge in [0, 0.05) is 42.0 Å². The molecular weight excluding hydrogens is 514 g/mol. The van der Waals surface area contributed by atoms with Crippen molar-refractivity contribution in [2.45, 2.75) is 18.4 Å². The van der Waals surface area contributed by atoms with E-state index in [1.54, 1.807) is 24.3 Å². The number of rotatable bonds is 6. The lowest BCUT2D eigenvalue weighted by Crippen LogP contribution is -2.22. The Balaban J connectivity index is 1.74. The van der Waals surface area contributed by atoms with Gasteiger partial charge in [-0.3, -0.25) is 4.79 Å². The van der Waals surface area contributed by atoms with Crippen LogP contribution >= 0.6 is 0 Å². The average Bonchev–Trinajstić information content (AvgIpc) is 3.35. The fraction of sp³-hybridized carbons (Fsp3) is 0.107. The topological polar surface area (TPSA) is 90.5 Å². The molecule has 0 fully saturated rings. The Morgan fingerprint density at radius 2 is 1.63 bits per heavy atom. The van der Waals surface area contributed by atoms with Crippen LogP contribution in [0.4, 0.5) is 8.78 Å². The quantitative estimate of drug-likeness (QED) is 0.326. The van der Waals surface area contributed by atoms with Crippen LogP contribution in [0, 0.1) is 18.6 Å². The van der Waals surface area contributed by atoms with E-state index in [-0.39, 0.29) is 28.5 Å². The van der Waals surface area contributed by atoms with Gasteiger partial charge in [-0.05, 0) is 55.0 Å². The van der Waals surface area contributed by atoms with E-state index in [9.17, 15) is 27.1 Å². The van der Waals surface area contributed by atoms with Crippen molar-refractivity contribution in [3.05, 3.63) is 112 Å². The van der Waals surface area contributed by atoms with Gasteiger partial charge in [0.15, 0.2) is 11.6 Å². The number of ether oxygens (including phenoxy) is 1. The first-order chi connectivity index (χ1) is 18.1. The van der Waals surface area contributed by atoms with Crippen molar-refractivity contribution in [3.8, 4) is 22.6 Å². The Hall–Kier alpha value is -4.28. The Morgan fingerprint density at radius 3 is 2.32 bits per heavy atom. The van der Waals surface area contributed by atoms with Crippen molar-refractivity contribution < 1.29 is 27.0 Å². The molecule has 0 bridgehead atoms. The highest BCUT2D eigenvalue weighted by molar-refractivity contribution is 7.90. The first-order valence-electron chi connectivity index (χ1n) is 11.5. The molecule has 0 saturated carbocycles. The summed E-state index contributed by atoms with van der Waals surface area (Å²) in [4.78, 5) is 13.2. The van der Waals surface area contributed by atoms with Gasteiger partial charge in [-0.15, -0.1) is 0 Å². The van der Waals surface area contributed by atoms with Gasteiger partial charge in [0.2, 0.25) is 0 Å². The number of hydrogen-bond donors (Lipinski definition) is 1. The van der Waals surface area contributed by atoms with Crippen molar-refractivity contribution >= 4 is 20.9 Å². The van der Waals surface area contributed by atoms with E-state index in [0.29, 0.717) is 28.1 Å². The molecule has 2 heterocycles. The summed E-state index contributed by atoms with van der Waals surface area (Å²) in [7, 11) is -2.63. The smallest absolute Gasteiger partial charge is 0.275 e. The van der Waals surface area contributed by atoms with Gasteiger partial charge < -0.3 is 14.4 Å². The van der Waals surface area contributed by atoms with E-state index in [1.807, 2.05) is 6.92 Å². The third kappa shape index (κ3) is 4.37. The zero-order valence-corrected chi connectivity index (χ0v) is 21.2. The summed E-state index contributed by atoms with van der Waals surface area (Å²) in [6, 6.07) is 15.4. The molecule has 0 spiro atoms. The van der Waals surface area contributed by atoms with Crippen molar-refractivity contribution in [3.63, 3.8) is 0 Å². The lowest BCUT2D eigenvalue weighted by molar-refractivity contribution is 0.282. The highest BCUT2D eigenvalue weighted by Crippen LogP contribution is 2.38. The SMILES string of the molecule is Cc1ccc(S(=O)(=O)n2ccc3c(-c4cc(CO)ccc4Oc4ccc(F)cc4F)cn(C)c(=O)c32)cc1. The van der Waals surface area contributed by atoms with Gasteiger partial charge in [0.1, 0.15) is 17.1 Å². The summed E-state index contributed by atoms with van der Waals surface area (Å²) in [6.07, 6.45) is 2.82. The number of aromatic nitrogens is 2. The molecule has 194 valence electrons. The molecule has 3 aromatic carbocycles. The Morgan fingerprint density at radius 1 is 0.921 bits per heavy atom. The molecular formula is C28H22F2N2O5S. The second-order valence-electron chi connectivity index (χ2n) is 8.82. The van der Waals surface area contributed by atoms with Gasteiger partial charge in [-0.2, -0.15) is 0 Å². The summed E-state index contributed by atoms with van der Waals surface area (Å²) in [5.41, 5.74) is 1.53. The van der Waals surface area contributed by atoms with E-state index in [1.165, 1.54) is 48.3 Å². The molecule has 0 aliphatic heterocycles. The summed E-state index contributed by atoms with van der Waals surface area (Å²) in [6.45, 7) is 1.53. The molecule has 10 heteroatoms. The number of benzene rings is 3. The minimum Gasteiger partial charge on any atom is -0.454 e. The molecule has 0 saturated heterocycles. The molecule has 2 aromatic heterocycles. The minimum absolute atomic E-state index is 0.0196. The normalized spacial score (nSPS) is 11.7. The molecule has 0 aliphatic carbocycles. The maximum atomic E-state index is 14.4. The molecule has 1 N–H and O–H groups in total. The summed E-state index contributed by atoms with van der Waals surface area (Å²) in [5.74, 6) is -1.75. The van der Waals surface area contributed by atoms with E-state index in [4.69, 9.17) is 4.74 Å². The first-order valence-corrected chi connectivity index (χ1v) is 12.9. The highest BCUT2D eigenvalue weighted by atomic mass is 32.2. The third-order valence-corrected chi connectivity index (χ3v) is 7.89. The molecule has 0 unspecified atom stereocenters. The number of aliphatic hydroxyl groups is 1. The standard InChI is InChI=1S/C28H22F2N2O5S/c1-17-3-7-20(8-4-17)38(35,36)32-12-11-21-23(15-31(2)28(34)27(21)32)22-13-18(16-33)5-9-25(22)37-26-10-6-19(29)14-24(26)30/h3-15,33H,16H2,1-2H3. The monoisotopic (exact) mass is 536 g/mol. The predicted octanol–water partition coefficient (Wildman–Crippen LogP) is 5.12. The lowest BCUT2D eigenvalue weighted by Gasteiger charge is -2.15. The van der Waals surface area contributed by atoms with Gasteiger partial charge in [0.05, 0.1) is 11.5 Å². The summed E-state index contributed by atoms with van der Waals surface area (Å²) >= 11 is 0. The van der Waals surface area contributed by atoms with Crippen LogP contribution in [0.1, 0.15) is 11.1 Å². The number of hydrogen-bond acceptors (Lipinski definition) is 5. The van der Waals surface area contributed by atoms with Crippen molar-refractivity contribution in [1.29, 1.82) is 0 Å². The second kappa shape index (κ2) is 9.55. The third-order valence-electron chi connectivity index (χ3n) is 6.20. The molecule has 0 aliphatic rings. The maximum absolute atomic E-state index is 14.4. The van der Waals surface area contributed by atoms with E-state index in [2.05, 4.69) is 0 Å². The van der Waals surface area contributed by atoms with Crippen LogP contribution < -0.4 is 10.3 Å². The molecule has 0 radical (unpaired) electrons. The summed E-state index contributed by atoms with van der Waals surface area (Å²) < 4.78 is 62.8. The van der Waals surface area contributed by atoms with Crippen LogP contribution in [0.3, 0.4) is 0 Å². The zero-order valence-electron chi connectivity index (χ0n) is 20.4. The molecule has 0 atom stereocenters. The van der Waals surface area contributed by atoms with Crippen molar-refractivity contribution in [2.75, 3.05) is 0 Å². The first kappa shape index (κ1) is 25.4. The molecule has 7 nitrogen and oxygen atoms in total. The Kier molecular flexibility index (Phi) is 6.38. The van der Waals surface area contributed by atoms with Crippen LogP contribution in [0.5, 0.6) is 11.5 Å². The Bertz CT molecular complexity index is 1860. The van der Waals surface area contributed by atoms with Crippen molar-refractivity contribution in [2.24, 2.45) is 7.05 Å². The lowest BCUT2D eigenvalue weighted by atomic mass is 10.0. The van der Waals surface area contributed by atoms with E-state index in [0.717, 1.165) is 21.7 Å². The Labute approximate surface area is 216 Å². The molecule has 0 amide bonds. The van der Waals surface area contributed by atoms with Crippen LogP contribution in [0.15, 0.2) is 88.8 Å².